The lowest BCUT2D eigenvalue weighted by Crippen LogP contribution is -2.32. The largest absolute Gasteiger partial charge is 0.385 e. The zero-order valence-corrected chi connectivity index (χ0v) is 15.6. The number of carbonyl (C=O) groups is 1. The van der Waals surface area contributed by atoms with Crippen LogP contribution in [0, 0.1) is 5.92 Å². The molecule has 0 spiro atoms. The summed E-state index contributed by atoms with van der Waals surface area (Å²) in [6.45, 7) is 5.86. The van der Waals surface area contributed by atoms with Crippen LogP contribution in [0.15, 0.2) is 54.6 Å². The van der Waals surface area contributed by atoms with Gasteiger partial charge >= 0.3 is 0 Å². The third kappa shape index (κ3) is 5.51. The summed E-state index contributed by atoms with van der Waals surface area (Å²) in [7, 11) is 0. The fourth-order valence-electron chi connectivity index (χ4n) is 3.26. The molecule has 0 radical (unpaired) electrons. The fourth-order valence-corrected chi connectivity index (χ4v) is 3.26. The van der Waals surface area contributed by atoms with E-state index in [9.17, 15) is 4.79 Å². The molecule has 1 fully saturated rings. The van der Waals surface area contributed by atoms with Crippen LogP contribution in [-0.4, -0.2) is 25.5 Å². The molecule has 26 heavy (non-hydrogen) atoms. The zero-order chi connectivity index (χ0) is 18.2. The maximum absolute atomic E-state index is 11.9. The lowest BCUT2D eigenvalue weighted by molar-refractivity contribution is -0.121. The lowest BCUT2D eigenvalue weighted by atomic mass is 9.99. The molecule has 2 aromatic rings. The average Bonchev–Trinajstić information content (AvgIpc) is 2.68. The van der Waals surface area contributed by atoms with E-state index in [0.29, 0.717) is 19.5 Å². The van der Waals surface area contributed by atoms with Crippen molar-refractivity contribution in [1.82, 2.24) is 5.32 Å². The first-order valence-corrected chi connectivity index (χ1v) is 9.60. The van der Waals surface area contributed by atoms with Crippen molar-refractivity contribution in [2.45, 2.75) is 32.7 Å². The standard InChI is InChI=1S/C22H29N3O/c1-18-12-15-25(16-13-18)21-9-7-20(8-10-21)23-14-11-22(26)24-17-19-5-3-2-4-6-19/h2-10,18,23H,11-17H2,1H3,(H,24,26). The Hall–Kier alpha value is -2.49. The van der Waals surface area contributed by atoms with Gasteiger partial charge in [0, 0.05) is 44.0 Å². The molecule has 0 atom stereocenters. The Morgan fingerprint density at radius 3 is 2.42 bits per heavy atom. The van der Waals surface area contributed by atoms with Crippen LogP contribution >= 0.6 is 0 Å². The highest BCUT2D eigenvalue weighted by atomic mass is 16.1. The van der Waals surface area contributed by atoms with Gasteiger partial charge in [0.15, 0.2) is 0 Å². The van der Waals surface area contributed by atoms with Crippen molar-refractivity contribution in [3.63, 3.8) is 0 Å². The maximum atomic E-state index is 11.9. The van der Waals surface area contributed by atoms with Gasteiger partial charge in [-0.05, 0) is 48.6 Å². The van der Waals surface area contributed by atoms with Crippen LogP contribution in [0.4, 0.5) is 11.4 Å². The van der Waals surface area contributed by atoms with E-state index >= 15 is 0 Å². The van der Waals surface area contributed by atoms with Crippen molar-refractivity contribution in [3.05, 3.63) is 60.2 Å². The molecule has 0 aromatic heterocycles. The van der Waals surface area contributed by atoms with Crippen molar-refractivity contribution in [3.8, 4) is 0 Å². The number of rotatable bonds is 7. The Labute approximate surface area is 156 Å². The molecule has 1 aliphatic heterocycles. The Morgan fingerprint density at radius 2 is 1.73 bits per heavy atom. The number of hydrogen-bond donors (Lipinski definition) is 2. The van der Waals surface area contributed by atoms with Gasteiger partial charge in [0.05, 0.1) is 0 Å². The van der Waals surface area contributed by atoms with Gasteiger partial charge in [-0.2, -0.15) is 0 Å². The van der Waals surface area contributed by atoms with Gasteiger partial charge in [-0.25, -0.2) is 0 Å². The van der Waals surface area contributed by atoms with Crippen molar-refractivity contribution in [2.75, 3.05) is 29.9 Å². The van der Waals surface area contributed by atoms with Gasteiger partial charge in [0.2, 0.25) is 5.91 Å². The monoisotopic (exact) mass is 351 g/mol. The molecule has 2 N–H and O–H groups in total. The van der Waals surface area contributed by atoms with Crippen LogP contribution in [0.3, 0.4) is 0 Å². The topological polar surface area (TPSA) is 44.4 Å². The molecule has 4 nitrogen and oxygen atoms in total. The highest BCUT2D eigenvalue weighted by molar-refractivity contribution is 5.76. The van der Waals surface area contributed by atoms with E-state index in [-0.39, 0.29) is 5.91 Å². The van der Waals surface area contributed by atoms with Gasteiger partial charge in [-0.1, -0.05) is 37.3 Å². The van der Waals surface area contributed by atoms with Crippen LogP contribution in [-0.2, 0) is 11.3 Å². The molecule has 1 saturated heterocycles. The second-order valence-corrected chi connectivity index (χ2v) is 7.16. The van der Waals surface area contributed by atoms with Gasteiger partial charge < -0.3 is 15.5 Å². The van der Waals surface area contributed by atoms with Crippen LogP contribution in [0.5, 0.6) is 0 Å². The second kappa shape index (κ2) is 9.27. The first kappa shape index (κ1) is 18.3. The Balaban J connectivity index is 1.37. The molecule has 0 aliphatic carbocycles. The molecular weight excluding hydrogens is 322 g/mol. The van der Waals surface area contributed by atoms with Crippen molar-refractivity contribution in [1.29, 1.82) is 0 Å². The SMILES string of the molecule is CC1CCN(c2ccc(NCCC(=O)NCc3ccccc3)cc2)CC1. The number of benzene rings is 2. The number of nitrogens with zero attached hydrogens (tertiary/aromatic N) is 1. The first-order chi connectivity index (χ1) is 12.7. The molecule has 1 heterocycles. The maximum Gasteiger partial charge on any atom is 0.222 e. The quantitative estimate of drug-likeness (QED) is 0.791. The Morgan fingerprint density at radius 1 is 1.04 bits per heavy atom. The Bertz CT molecular complexity index is 676. The minimum atomic E-state index is 0.0698. The second-order valence-electron chi connectivity index (χ2n) is 7.16. The molecule has 138 valence electrons. The van der Waals surface area contributed by atoms with E-state index in [1.54, 1.807) is 0 Å². The van der Waals surface area contributed by atoms with Crippen LogP contribution in [0.2, 0.25) is 0 Å². The average molecular weight is 351 g/mol. The lowest BCUT2D eigenvalue weighted by Gasteiger charge is -2.32. The van der Waals surface area contributed by atoms with Crippen molar-refractivity contribution in [2.24, 2.45) is 5.92 Å². The summed E-state index contributed by atoms with van der Waals surface area (Å²) < 4.78 is 0. The van der Waals surface area contributed by atoms with Crippen LogP contribution in [0.25, 0.3) is 0 Å². The van der Waals surface area contributed by atoms with Gasteiger partial charge in [0.25, 0.3) is 0 Å². The number of piperidine rings is 1. The minimum Gasteiger partial charge on any atom is -0.385 e. The first-order valence-electron chi connectivity index (χ1n) is 9.60. The molecule has 0 saturated carbocycles. The Kier molecular flexibility index (Phi) is 6.53. The van der Waals surface area contributed by atoms with E-state index in [0.717, 1.165) is 30.3 Å². The molecule has 1 amide bonds. The molecule has 3 rings (SSSR count). The van der Waals surface area contributed by atoms with E-state index in [2.05, 4.69) is 46.7 Å². The van der Waals surface area contributed by atoms with Gasteiger partial charge in [0.1, 0.15) is 0 Å². The number of amides is 1. The summed E-state index contributed by atoms with van der Waals surface area (Å²) in [6.07, 6.45) is 3.02. The summed E-state index contributed by atoms with van der Waals surface area (Å²) in [6, 6.07) is 18.5. The summed E-state index contributed by atoms with van der Waals surface area (Å²) in [5.74, 6) is 0.917. The molecule has 4 heteroatoms. The fraction of sp³-hybridized carbons (Fsp3) is 0.409. The smallest absolute Gasteiger partial charge is 0.222 e. The highest BCUT2D eigenvalue weighted by Gasteiger charge is 2.15. The number of carbonyl (C=O) groups excluding carboxylic acids is 1. The molecule has 0 unspecified atom stereocenters. The van der Waals surface area contributed by atoms with Crippen LogP contribution < -0.4 is 15.5 Å². The summed E-state index contributed by atoms with van der Waals surface area (Å²) >= 11 is 0. The van der Waals surface area contributed by atoms with E-state index < -0.39 is 0 Å². The third-order valence-electron chi connectivity index (χ3n) is 5.03. The van der Waals surface area contributed by atoms with Gasteiger partial charge in [-0.3, -0.25) is 4.79 Å². The highest BCUT2D eigenvalue weighted by Crippen LogP contribution is 2.24. The van der Waals surface area contributed by atoms with Gasteiger partial charge in [-0.15, -0.1) is 0 Å². The molecular formula is C22H29N3O. The molecule has 2 aromatic carbocycles. The van der Waals surface area contributed by atoms with E-state index in [1.165, 1.54) is 18.5 Å². The predicted molar refractivity (Wildman–Crippen MR) is 108 cm³/mol. The number of anilines is 2. The summed E-state index contributed by atoms with van der Waals surface area (Å²) in [5, 5.41) is 6.29. The molecule has 1 aliphatic rings. The summed E-state index contributed by atoms with van der Waals surface area (Å²) in [5.41, 5.74) is 3.48. The number of nitrogens with one attached hydrogen (secondary N) is 2. The van der Waals surface area contributed by atoms with E-state index in [4.69, 9.17) is 0 Å². The predicted octanol–water partition coefficient (Wildman–Crippen LogP) is 4.04. The minimum absolute atomic E-state index is 0.0698. The summed E-state index contributed by atoms with van der Waals surface area (Å²) in [4.78, 5) is 14.4. The number of hydrogen-bond acceptors (Lipinski definition) is 3. The zero-order valence-electron chi connectivity index (χ0n) is 15.6. The van der Waals surface area contributed by atoms with Crippen LogP contribution in [0.1, 0.15) is 31.7 Å². The normalized spacial score (nSPS) is 14.9. The molecule has 0 bridgehead atoms. The van der Waals surface area contributed by atoms with Crippen molar-refractivity contribution < 1.29 is 4.79 Å². The third-order valence-corrected chi connectivity index (χ3v) is 5.03. The van der Waals surface area contributed by atoms with E-state index in [1.807, 2.05) is 30.3 Å². The van der Waals surface area contributed by atoms with Crippen molar-refractivity contribution >= 4 is 17.3 Å².